The lowest BCUT2D eigenvalue weighted by molar-refractivity contribution is 0.0199. The van der Waals surface area contributed by atoms with Gasteiger partial charge >= 0.3 is 0 Å². The predicted molar refractivity (Wildman–Crippen MR) is 118 cm³/mol. The van der Waals surface area contributed by atoms with Gasteiger partial charge in [0.15, 0.2) is 0 Å². The molecule has 0 radical (unpaired) electrons. The number of halogens is 2. The Labute approximate surface area is 180 Å². The van der Waals surface area contributed by atoms with Crippen molar-refractivity contribution < 1.29 is 19.2 Å². The van der Waals surface area contributed by atoms with Crippen LogP contribution in [-0.4, -0.2) is 20.5 Å². The van der Waals surface area contributed by atoms with E-state index >= 15 is 0 Å². The summed E-state index contributed by atoms with van der Waals surface area (Å²) in [5.74, 6) is -0.847. The van der Waals surface area contributed by atoms with Gasteiger partial charge in [-0.1, -0.05) is 13.2 Å². The van der Waals surface area contributed by atoms with Gasteiger partial charge in [-0.2, -0.15) is 0 Å². The number of nitrogens with two attached hydrogens (primary N) is 2. The summed E-state index contributed by atoms with van der Waals surface area (Å²) in [5.41, 5.74) is 12.5. The van der Waals surface area contributed by atoms with Crippen LogP contribution in [0, 0.1) is 11.6 Å². The third-order valence-electron chi connectivity index (χ3n) is 3.76. The summed E-state index contributed by atoms with van der Waals surface area (Å²) in [6, 6.07) is 10.8. The first-order valence-electron chi connectivity index (χ1n) is 8.34. The normalized spacial score (nSPS) is 11.9. The van der Waals surface area contributed by atoms with Gasteiger partial charge < -0.3 is 11.5 Å². The fraction of sp³-hybridized carbons (Fsp3) is 0. The van der Waals surface area contributed by atoms with Gasteiger partial charge in [0, 0.05) is 23.5 Å². The average Bonchev–Trinajstić information content (AvgIpc) is 2.75. The molecule has 0 fully saturated rings. The van der Waals surface area contributed by atoms with E-state index in [-0.39, 0.29) is 21.5 Å². The Balaban J connectivity index is 2.02. The number of benzene rings is 2. The van der Waals surface area contributed by atoms with Gasteiger partial charge in [0.1, 0.15) is 21.7 Å². The first-order valence-corrected chi connectivity index (χ1v) is 10.5. The van der Waals surface area contributed by atoms with Crippen LogP contribution in [0.3, 0.4) is 0 Å². The second-order valence-electron chi connectivity index (χ2n) is 5.70. The van der Waals surface area contributed by atoms with Crippen molar-refractivity contribution in [1.29, 1.82) is 0 Å². The maximum absolute atomic E-state index is 13.1. The molecule has 30 heavy (non-hydrogen) atoms. The Morgan fingerprint density at radius 3 is 1.30 bits per heavy atom. The molecule has 2 aromatic rings. The molecule has 0 aliphatic heterocycles. The fourth-order valence-corrected chi connectivity index (χ4v) is 3.79. The molecule has 0 amide bonds. The lowest BCUT2D eigenvalue weighted by Gasteiger charge is -2.24. The van der Waals surface area contributed by atoms with Crippen LogP contribution in [0.4, 0.5) is 8.78 Å². The number of rotatable bonds is 9. The Bertz CT molecular complexity index is 884. The summed E-state index contributed by atoms with van der Waals surface area (Å²) in [5, 5.41) is 22.6. The van der Waals surface area contributed by atoms with Crippen LogP contribution < -0.4 is 11.5 Å². The van der Waals surface area contributed by atoms with Crippen LogP contribution in [0.15, 0.2) is 84.1 Å². The molecule has 6 nitrogen and oxygen atoms in total. The fourth-order valence-electron chi connectivity index (χ4n) is 2.26. The molecule has 0 unspecified atom stereocenters. The van der Waals surface area contributed by atoms with Crippen molar-refractivity contribution >= 4 is 33.0 Å². The van der Waals surface area contributed by atoms with Crippen molar-refractivity contribution in [2.75, 3.05) is 0 Å². The molecule has 0 spiro atoms. The molecule has 0 bridgehead atoms. The number of hydroxylamine groups is 4. The quantitative estimate of drug-likeness (QED) is 0.317. The average molecular weight is 451 g/mol. The molecule has 2 rings (SSSR count). The molecule has 10 heteroatoms. The van der Waals surface area contributed by atoms with Crippen LogP contribution >= 0.6 is 21.6 Å². The van der Waals surface area contributed by atoms with Crippen LogP contribution in [0.5, 0.6) is 0 Å². The molecule has 6 N–H and O–H groups in total. The second-order valence-corrected chi connectivity index (χ2v) is 7.97. The number of hydrogen-bond donors (Lipinski definition) is 4. The number of hydrogen-bond acceptors (Lipinski definition) is 8. The van der Waals surface area contributed by atoms with E-state index in [1.807, 2.05) is 0 Å². The van der Waals surface area contributed by atoms with E-state index in [4.69, 9.17) is 11.5 Å². The van der Waals surface area contributed by atoms with E-state index < -0.39 is 11.6 Å². The predicted octanol–water partition coefficient (Wildman–Crippen LogP) is 4.89. The summed E-state index contributed by atoms with van der Waals surface area (Å²) in [6.45, 7) is 7.51. The van der Waals surface area contributed by atoms with Crippen molar-refractivity contribution in [3.05, 3.63) is 107 Å². The maximum Gasteiger partial charge on any atom is 0.123 e. The largest absolute Gasteiger partial charge is 0.403 e. The Hall–Kier alpha value is -2.92. The zero-order valence-corrected chi connectivity index (χ0v) is 17.3. The van der Waals surface area contributed by atoms with E-state index in [0.29, 0.717) is 11.1 Å². The highest BCUT2D eigenvalue weighted by Crippen LogP contribution is 2.40. The van der Waals surface area contributed by atoms with Gasteiger partial charge in [-0.15, -0.1) is 0 Å². The Morgan fingerprint density at radius 2 is 1.03 bits per heavy atom. The van der Waals surface area contributed by atoms with Gasteiger partial charge in [-0.05, 0) is 70.1 Å². The molecule has 0 aliphatic carbocycles. The van der Waals surface area contributed by atoms with Gasteiger partial charge in [-0.25, -0.2) is 18.9 Å². The highest BCUT2D eigenvalue weighted by molar-refractivity contribution is 8.79. The lowest BCUT2D eigenvalue weighted by atomic mass is 10.1. The highest BCUT2D eigenvalue weighted by Gasteiger charge is 2.18. The molecule has 158 valence electrons. The van der Waals surface area contributed by atoms with E-state index in [2.05, 4.69) is 13.2 Å². The van der Waals surface area contributed by atoms with Crippen LogP contribution in [0.1, 0.15) is 11.1 Å². The summed E-state index contributed by atoms with van der Waals surface area (Å²) in [7, 11) is 1.97. The minimum atomic E-state index is -0.423. The minimum absolute atomic E-state index is 0.149. The monoisotopic (exact) mass is 450 g/mol. The molecule has 0 atom stereocenters. The molecule has 0 heterocycles. The molecule has 0 saturated carbocycles. The van der Waals surface area contributed by atoms with Crippen LogP contribution in [0.25, 0.3) is 11.4 Å². The maximum atomic E-state index is 13.1. The topological polar surface area (TPSA) is 99.0 Å². The Morgan fingerprint density at radius 1 is 0.733 bits per heavy atom. The summed E-state index contributed by atoms with van der Waals surface area (Å²) in [4.78, 5) is 0. The standard InChI is InChI=1S/C20H20F2N4O2S2/c1-13(25(27)19(11-23)15-3-7-17(21)8-4-15)29-30-14(2)26(28)20(12-24)16-5-9-18(22)10-6-16/h3-12,27-28H,1-2,23-24H2/b19-11-,20-12-. The molecule has 0 saturated heterocycles. The van der Waals surface area contributed by atoms with Crippen molar-refractivity contribution in [2.45, 2.75) is 0 Å². The van der Waals surface area contributed by atoms with Crippen molar-refractivity contribution in [2.24, 2.45) is 11.5 Å². The van der Waals surface area contributed by atoms with E-state index in [0.717, 1.165) is 44.1 Å². The third kappa shape index (κ3) is 5.80. The zero-order valence-electron chi connectivity index (χ0n) is 15.7. The summed E-state index contributed by atoms with van der Waals surface area (Å²) < 4.78 is 26.2. The van der Waals surface area contributed by atoms with Crippen LogP contribution in [-0.2, 0) is 0 Å². The smallest absolute Gasteiger partial charge is 0.123 e. The summed E-state index contributed by atoms with van der Waals surface area (Å²) in [6.07, 6.45) is 2.31. The third-order valence-corrected chi connectivity index (χ3v) is 5.98. The summed E-state index contributed by atoms with van der Waals surface area (Å²) >= 11 is 0. The molecule has 0 aromatic heterocycles. The van der Waals surface area contributed by atoms with Gasteiger partial charge in [0.2, 0.25) is 0 Å². The molecule has 2 aromatic carbocycles. The molecule has 0 aliphatic rings. The van der Waals surface area contributed by atoms with Crippen LogP contribution in [0.2, 0.25) is 0 Å². The first kappa shape index (κ1) is 23.4. The first-order chi connectivity index (χ1) is 14.3. The van der Waals surface area contributed by atoms with Gasteiger partial charge in [0.25, 0.3) is 0 Å². The number of nitrogens with zero attached hydrogens (tertiary/aromatic N) is 2. The SMILES string of the molecule is C=C(SSC(=C)N(O)/C(=C\N)c1ccc(F)cc1)N(O)/C(=C\N)c1ccc(F)cc1. The lowest BCUT2D eigenvalue weighted by Crippen LogP contribution is -2.17. The minimum Gasteiger partial charge on any atom is -0.403 e. The highest BCUT2D eigenvalue weighted by atomic mass is 33.1. The second kappa shape index (κ2) is 10.7. The Kier molecular flexibility index (Phi) is 8.36. The molecular formula is C20H20F2N4O2S2. The van der Waals surface area contributed by atoms with E-state index in [1.54, 1.807) is 0 Å². The van der Waals surface area contributed by atoms with Gasteiger partial charge in [0.05, 0.1) is 11.4 Å². The van der Waals surface area contributed by atoms with Crippen molar-refractivity contribution in [3.63, 3.8) is 0 Å². The van der Waals surface area contributed by atoms with Crippen molar-refractivity contribution in [3.8, 4) is 0 Å². The zero-order chi connectivity index (χ0) is 22.3. The molecular weight excluding hydrogens is 430 g/mol. The van der Waals surface area contributed by atoms with E-state index in [1.165, 1.54) is 48.5 Å². The van der Waals surface area contributed by atoms with E-state index in [9.17, 15) is 19.2 Å². The van der Waals surface area contributed by atoms with Gasteiger partial charge in [-0.3, -0.25) is 10.4 Å². The van der Waals surface area contributed by atoms with Crippen molar-refractivity contribution in [1.82, 2.24) is 10.1 Å².